The normalized spacial score (nSPS) is 16.1. The van der Waals surface area contributed by atoms with Crippen LogP contribution in [0.3, 0.4) is 0 Å². The second-order valence-electron chi connectivity index (χ2n) is 8.65. The van der Waals surface area contributed by atoms with Gasteiger partial charge in [0.15, 0.2) is 5.76 Å². The van der Waals surface area contributed by atoms with E-state index >= 15 is 0 Å². The number of aromatic nitrogens is 3. The summed E-state index contributed by atoms with van der Waals surface area (Å²) >= 11 is 7.83. The van der Waals surface area contributed by atoms with E-state index in [9.17, 15) is 5.11 Å². The first-order valence-electron chi connectivity index (χ1n) is 11.5. The van der Waals surface area contributed by atoms with Crippen LogP contribution in [0.1, 0.15) is 22.0 Å². The van der Waals surface area contributed by atoms with Gasteiger partial charge in [-0.15, -0.1) is 5.10 Å². The molecule has 0 bridgehead atoms. The van der Waals surface area contributed by atoms with Gasteiger partial charge in [-0.2, -0.15) is 9.50 Å². The number of furan rings is 1. The topological polar surface area (TPSA) is 70.0 Å². The second-order valence-corrected chi connectivity index (χ2v) is 10.1. The van der Waals surface area contributed by atoms with Gasteiger partial charge in [-0.25, -0.2) is 0 Å². The molecular formula is C26H24ClN5O2S. The first-order chi connectivity index (χ1) is 17.2. The molecule has 35 heavy (non-hydrogen) atoms. The van der Waals surface area contributed by atoms with Gasteiger partial charge >= 0.3 is 0 Å². The number of halogens is 1. The highest BCUT2D eigenvalue weighted by Crippen LogP contribution is 2.41. The van der Waals surface area contributed by atoms with E-state index in [4.69, 9.17) is 16.0 Å². The van der Waals surface area contributed by atoms with Crippen molar-refractivity contribution in [1.29, 1.82) is 0 Å². The number of hydrogen-bond acceptors (Lipinski definition) is 7. The molecule has 1 fully saturated rings. The van der Waals surface area contributed by atoms with Crippen molar-refractivity contribution in [2.45, 2.75) is 12.6 Å². The Morgan fingerprint density at radius 1 is 1.00 bits per heavy atom. The molecule has 1 aliphatic heterocycles. The third kappa shape index (κ3) is 4.46. The van der Waals surface area contributed by atoms with Gasteiger partial charge in [0, 0.05) is 37.7 Å². The van der Waals surface area contributed by atoms with Gasteiger partial charge < -0.3 is 9.52 Å². The molecule has 2 aromatic carbocycles. The van der Waals surface area contributed by atoms with Crippen molar-refractivity contribution in [1.82, 2.24) is 24.4 Å². The molecule has 3 aromatic heterocycles. The Kier molecular flexibility index (Phi) is 6.03. The molecule has 6 rings (SSSR count). The SMILES string of the molecule is Oc1c([C@@H](c2cccc(Cl)c2)N2CCN(Cc3ccccc3)CC2)sc2nc(-c3ccco3)nn12. The lowest BCUT2D eigenvalue weighted by molar-refractivity contribution is 0.105. The molecule has 7 nitrogen and oxygen atoms in total. The molecule has 178 valence electrons. The Labute approximate surface area is 211 Å². The molecule has 0 aliphatic carbocycles. The Balaban J connectivity index is 1.30. The van der Waals surface area contributed by atoms with Gasteiger partial charge in [0.1, 0.15) is 0 Å². The van der Waals surface area contributed by atoms with Gasteiger partial charge in [-0.05, 0) is 35.4 Å². The van der Waals surface area contributed by atoms with Gasteiger partial charge in [-0.3, -0.25) is 9.80 Å². The van der Waals surface area contributed by atoms with Crippen LogP contribution >= 0.6 is 22.9 Å². The third-order valence-corrected chi connectivity index (χ3v) is 7.68. The van der Waals surface area contributed by atoms with Crippen LogP contribution in [-0.2, 0) is 6.54 Å². The quantitative estimate of drug-likeness (QED) is 0.337. The smallest absolute Gasteiger partial charge is 0.230 e. The minimum atomic E-state index is -0.145. The van der Waals surface area contributed by atoms with Crippen LogP contribution in [0.2, 0.25) is 5.02 Å². The number of benzene rings is 2. The lowest BCUT2D eigenvalue weighted by Crippen LogP contribution is -2.47. The summed E-state index contributed by atoms with van der Waals surface area (Å²) in [6.45, 7) is 4.56. The fourth-order valence-electron chi connectivity index (χ4n) is 4.66. The summed E-state index contributed by atoms with van der Waals surface area (Å²) in [5.41, 5.74) is 2.36. The third-order valence-electron chi connectivity index (χ3n) is 6.38. The zero-order chi connectivity index (χ0) is 23.8. The van der Waals surface area contributed by atoms with Crippen molar-refractivity contribution in [2.24, 2.45) is 0 Å². The van der Waals surface area contributed by atoms with Crippen molar-refractivity contribution < 1.29 is 9.52 Å². The van der Waals surface area contributed by atoms with E-state index in [0.717, 1.165) is 43.2 Å². The van der Waals surface area contributed by atoms with Gasteiger partial charge in [0.2, 0.25) is 16.7 Å². The minimum Gasteiger partial charge on any atom is -0.492 e. The summed E-state index contributed by atoms with van der Waals surface area (Å²) in [7, 11) is 0. The molecule has 1 saturated heterocycles. The Bertz CT molecular complexity index is 1430. The highest BCUT2D eigenvalue weighted by molar-refractivity contribution is 7.17. The Morgan fingerprint density at radius 2 is 1.83 bits per heavy atom. The summed E-state index contributed by atoms with van der Waals surface area (Å²) < 4.78 is 6.92. The zero-order valence-electron chi connectivity index (χ0n) is 18.9. The lowest BCUT2D eigenvalue weighted by atomic mass is 10.0. The number of fused-ring (bicyclic) bond motifs is 1. The highest BCUT2D eigenvalue weighted by atomic mass is 35.5. The second kappa shape index (κ2) is 9.47. The minimum absolute atomic E-state index is 0.104. The van der Waals surface area contributed by atoms with Crippen LogP contribution in [0, 0.1) is 0 Å². The average molecular weight is 506 g/mol. The first-order valence-corrected chi connectivity index (χ1v) is 12.7. The molecule has 4 heterocycles. The largest absolute Gasteiger partial charge is 0.492 e. The predicted molar refractivity (Wildman–Crippen MR) is 137 cm³/mol. The average Bonchev–Trinajstić information content (AvgIpc) is 3.60. The monoisotopic (exact) mass is 505 g/mol. The van der Waals surface area contributed by atoms with Crippen molar-refractivity contribution in [3.8, 4) is 17.5 Å². The summed E-state index contributed by atoms with van der Waals surface area (Å²) in [6, 6.07) is 21.9. The molecule has 0 amide bonds. The highest BCUT2D eigenvalue weighted by Gasteiger charge is 2.32. The fraction of sp³-hybridized carbons (Fsp3) is 0.231. The fourth-order valence-corrected chi connectivity index (χ4v) is 5.98. The van der Waals surface area contributed by atoms with Crippen LogP contribution in [0.15, 0.2) is 77.4 Å². The summed E-state index contributed by atoms with van der Waals surface area (Å²) in [5, 5.41) is 16.4. The molecule has 1 N–H and O–H groups in total. The molecule has 0 saturated carbocycles. The maximum absolute atomic E-state index is 11.2. The maximum Gasteiger partial charge on any atom is 0.230 e. The molecule has 9 heteroatoms. The van der Waals surface area contributed by atoms with E-state index in [0.29, 0.717) is 21.6 Å². The Hall–Kier alpha value is -3.17. The number of piperazine rings is 1. The van der Waals surface area contributed by atoms with Gasteiger partial charge in [-0.1, -0.05) is 65.4 Å². The van der Waals surface area contributed by atoms with Crippen molar-refractivity contribution >= 4 is 27.9 Å². The molecule has 1 aliphatic rings. The maximum atomic E-state index is 11.2. The number of aromatic hydroxyl groups is 1. The van der Waals surface area contributed by atoms with E-state index < -0.39 is 0 Å². The summed E-state index contributed by atoms with van der Waals surface area (Å²) in [4.78, 5) is 10.9. The lowest BCUT2D eigenvalue weighted by Gasteiger charge is -2.39. The number of hydrogen-bond donors (Lipinski definition) is 1. The van der Waals surface area contributed by atoms with Crippen molar-refractivity contribution in [3.63, 3.8) is 0 Å². The van der Waals surface area contributed by atoms with Crippen LogP contribution in [-0.4, -0.2) is 55.7 Å². The molecule has 0 spiro atoms. The number of rotatable bonds is 6. The van der Waals surface area contributed by atoms with Gasteiger partial charge in [0.25, 0.3) is 0 Å². The molecule has 5 aromatic rings. The first kappa shape index (κ1) is 22.3. The molecule has 0 radical (unpaired) electrons. The molecular weight excluding hydrogens is 482 g/mol. The zero-order valence-corrected chi connectivity index (χ0v) is 20.5. The van der Waals surface area contributed by atoms with Crippen molar-refractivity contribution in [3.05, 3.63) is 94.0 Å². The van der Waals surface area contributed by atoms with E-state index in [-0.39, 0.29) is 11.9 Å². The number of thiazole rings is 1. The summed E-state index contributed by atoms with van der Waals surface area (Å²) in [6.07, 6.45) is 1.59. The van der Waals surface area contributed by atoms with E-state index in [2.05, 4.69) is 50.2 Å². The van der Waals surface area contributed by atoms with Crippen LogP contribution in [0.25, 0.3) is 16.5 Å². The number of nitrogens with zero attached hydrogens (tertiary/aromatic N) is 5. The standard InChI is InChI=1S/C26H24ClN5O2S/c27-20-9-4-8-19(16-20)22(31-13-11-30(12-14-31)17-18-6-2-1-3-7-18)23-25(33)32-26(35-23)28-24(29-32)21-10-5-15-34-21/h1-10,15-16,22,33H,11-14,17H2/t22-/m1/s1. The van der Waals surface area contributed by atoms with Crippen LogP contribution in [0.5, 0.6) is 5.88 Å². The van der Waals surface area contributed by atoms with E-state index in [1.54, 1.807) is 18.4 Å². The Morgan fingerprint density at radius 3 is 2.54 bits per heavy atom. The molecule has 0 unspecified atom stereocenters. The van der Waals surface area contributed by atoms with E-state index in [1.165, 1.54) is 21.4 Å². The van der Waals surface area contributed by atoms with Gasteiger partial charge in [0.05, 0.1) is 17.2 Å². The molecule has 1 atom stereocenters. The van der Waals surface area contributed by atoms with E-state index in [1.807, 2.05) is 24.3 Å². The van der Waals surface area contributed by atoms with Crippen LogP contribution in [0.4, 0.5) is 0 Å². The predicted octanol–water partition coefficient (Wildman–Crippen LogP) is 5.32. The van der Waals surface area contributed by atoms with Crippen molar-refractivity contribution in [2.75, 3.05) is 26.2 Å². The van der Waals surface area contributed by atoms with Crippen LogP contribution < -0.4 is 0 Å². The summed E-state index contributed by atoms with van der Waals surface area (Å²) in [5.74, 6) is 1.13.